The Morgan fingerprint density at radius 2 is 2.17 bits per heavy atom. The van der Waals surface area contributed by atoms with Gasteiger partial charge in [0.2, 0.25) is 0 Å². The molecule has 1 atom stereocenters. The van der Waals surface area contributed by atoms with Crippen LogP contribution in [0.15, 0.2) is 24.4 Å². The first-order valence-corrected chi connectivity index (χ1v) is 8.26. The number of nitrogens with zero attached hydrogens (tertiary/aromatic N) is 2. The van der Waals surface area contributed by atoms with Crippen LogP contribution in [0.2, 0.25) is 0 Å². The molecular weight excluding hydrogens is 308 g/mol. The van der Waals surface area contributed by atoms with E-state index in [1.807, 2.05) is 39.0 Å². The van der Waals surface area contributed by atoms with Crippen LogP contribution in [0.1, 0.15) is 39.3 Å². The fourth-order valence-corrected chi connectivity index (χ4v) is 2.53. The fourth-order valence-electron chi connectivity index (χ4n) is 2.53. The maximum Gasteiger partial charge on any atom is 0.407 e. The second kappa shape index (κ2) is 7.99. The molecule has 0 aliphatic carbocycles. The normalized spacial score (nSPS) is 18.0. The predicted octanol–water partition coefficient (Wildman–Crippen LogP) is 2.28. The summed E-state index contributed by atoms with van der Waals surface area (Å²) in [6.45, 7) is 7.02. The lowest BCUT2D eigenvalue weighted by atomic mass is 10.1. The summed E-state index contributed by atoms with van der Waals surface area (Å²) in [6.07, 6.45) is 2.94. The smallest absolute Gasteiger partial charge is 0.407 e. The SMILES string of the molecule is CC(C)(C)OC(=O)N[C@@H]1CCCN(C(=O)NCc2ccccn2)C1. The summed E-state index contributed by atoms with van der Waals surface area (Å²) in [5, 5.41) is 5.70. The average Bonchev–Trinajstić information content (AvgIpc) is 2.52. The molecule has 7 nitrogen and oxygen atoms in total. The van der Waals surface area contributed by atoms with Crippen LogP contribution in [0.5, 0.6) is 0 Å². The van der Waals surface area contributed by atoms with Gasteiger partial charge in [0, 0.05) is 25.3 Å². The molecule has 1 saturated heterocycles. The number of hydrogen-bond acceptors (Lipinski definition) is 4. The van der Waals surface area contributed by atoms with E-state index in [4.69, 9.17) is 4.74 Å². The Morgan fingerprint density at radius 3 is 2.83 bits per heavy atom. The van der Waals surface area contributed by atoms with Crippen LogP contribution < -0.4 is 10.6 Å². The van der Waals surface area contributed by atoms with E-state index in [0.717, 1.165) is 18.5 Å². The number of rotatable bonds is 3. The quantitative estimate of drug-likeness (QED) is 0.888. The Balaban J connectivity index is 1.79. The molecule has 1 aromatic heterocycles. The maximum atomic E-state index is 12.3. The number of hydrogen-bond donors (Lipinski definition) is 2. The van der Waals surface area contributed by atoms with Crippen molar-refractivity contribution in [2.75, 3.05) is 13.1 Å². The number of pyridine rings is 1. The predicted molar refractivity (Wildman–Crippen MR) is 90.4 cm³/mol. The van der Waals surface area contributed by atoms with E-state index in [1.165, 1.54) is 0 Å². The van der Waals surface area contributed by atoms with Crippen LogP contribution in [0.25, 0.3) is 0 Å². The Kier molecular flexibility index (Phi) is 6.00. The van der Waals surface area contributed by atoms with E-state index >= 15 is 0 Å². The van der Waals surface area contributed by atoms with Gasteiger partial charge < -0.3 is 20.3 Å². The fraction of sp³-hybridized carbons (Fsp3) is 0.588. The van der Waals surface area contributed by atoms with Crippen LogP contribution in [-0.4, -0.2) is 46.7 Å². The summed E-state index contributed by atoms with van der Waals surface area (Å²) in [6, 6.07) is 5.35. The summed E-state index contributed by atoms with van der Waals surface area (Å²) in [7, 11) is 0. The molecule has 0 unspecified atom stereocenters. The first-order chi connectivity index (χ1) is 11.3. The highest BCUT2D eigenvalue weighted by atomic mass is 16.6. The topological polar surface area (TPSA) is 83.6 Å². The van der Waals surface area contributed by atoms with Gasteiger partial charge in [0.15, 0.2) is 0 Å². The number of carbonyl (C=O) groups excluding carboxylic acids is 2. The van der Waals surface area contributed by atoms with Gasteiger partial charge >= 0.3 is 12.1 Å². The minimum atomic E-state index is -0.529. The molecule has 2 heterocycles. The molecule has 2 rings (SSSR count). The van der Waals surface area contributed by atoms with Crippen molar-refractivity contribution in [3.63, 3.8) is 0 Å². The van der Waals surface area contributed by atoms with Crippen LogP contribution in [-0.2, 0) is 11.3 Å². The molecule has 0 spiro atoms. The van der Waals surface area contributed by atoms with Gasteiger partial charge in [-0.15, -0.1) is 0 Å². The molecule has 1 aromatic rings. The van der Waals surface area contributed by atoms with Gasteiger partial charge in [-0.25, -0.2) is 9.59 Å². The minimum absolute atomic E-state index is 0.0887. The van der Waals surface area contributed by atoms with Crippen molar-refractivity contribution in [2.24, 2.45) is 0 Å². The number of aromatic nitrogens is 1. The van der Waals surface area contributed by atoms with Crippen LogP contribution in [0.4, 0.5) is 9.59 Å². The van der Waals surface area contributed by atoms with Crippen LogP contribution in [0.3, 0.4) is 0 Å². The van der Waals surface area contributed by atoms with Crippen molar-refractivity contribution in [1.82, 2.24) is 20.5 Å². The first kappa shape index (κ1) is 18.0. The Bertz CT molecular complexity index is 557. The third-order valence-electron chi connectivity index (χ3n) is 3.58. The Labute approximate surface area is 142 Å². The zero-order valence-corrected chi connectivity index (χ0v) is 14.5. The number of nitrogens with one attached hydrogen (secondary N) is 2. The molecule has 2 N–H and O–H groups in total. The number of urea groups is 1. The van der Waals surface area contributed by atoms with Gasteiger partial charge in [0.25, 0.3) is 0 Å². The Morgan fingerprint density at radius 1 is 1.38 bits per heavy atom. The first-order valence-electron chi connectivity index (χ1n) is 8.26. The van der Waals surface area contributed by atoms with Crippen LogP contribution >= 0.6 is 0 Å². The van der Waals surface area contributed by atoms with E-state index < -0.39 is 11.7 Å². The van der Waals surface area contributed by atoms with E-state index in [-0.39, 0.29) is 12.1 Å². The largest absolute Gasteiger partial charge is 0.444 e. The molecular formula is C17H26N4O3. The molecule has 0 aromatic carbocycles. The summed E-state index contributed by atoms with van der Waals surface area (Å²) in [5.41, 5.74) is 0.282. The minimum Gasteiger partial charge on any atom is -0.444 e. The zero-order chi connectivity index (χ0) is 17.6. The summed E-state index contributed by atoms with van der Waals surface area (Å²) < 4.78 is 5.26. The number of ether oxygens (including phenoxy) is 1. The lowest BCUT2D eigenvalue weighted by Gasteiger charge is -2.33. The van der Waals surface area contributed by atoms with Gasteiger partial charge in [0.05, 0.1) is 12.2 Å². The van der Waals surface area contributed by atoms with Crippen molar-refractivity contribution in [3.05, 3.63) is 30.1 Å². The molecule has 24 heavy (non-hydrogen) atoms. The second-order valence-corrected chi connectivity index (χ2v) is 6.91. The second-order valence-electron chi connectivity index (χ2n) is 6.91. The summed E-state index contributed by atoms with van der Waals surface area (Å²) in [4.78, 5) is 30.0. The third-order valence-corrected chi connectivity index (χ3v) is 3.58. The van der Waals surface area contributed by atoms with Crippen molar-refractivity contribution in [1.29, 1.82) is 0 Å². The highest BCUT2D eigenvalue weighted by Crippen LogP contribution is 2.12. The zero-order valence-electron chi connectivity index (χ0n) is 14.5. The highest BCUT2D eigenvalue weighted by molar-refractivity contribution is 5.74. The lowest BCUT2D eigenvalue weighted by Crippen LogP contribution is -2.52. The Hall–Kier alpha value is -2.31. The number of likely N-dealkylation sites (tertiary alicyclic amines) is 1. The molecule has 1 fully saturated rings. The van der Waals surface area contributed by atoms with Gasteiger partial charge in [-0.3, -0.25) is 4.98 Å². The van der Waals surface area contributed by atoms with Crippen molar-refractivity contribution in [3.8, 4) is 0 Å². The van der Waals surface area contributed by atoms with E-state index in [2.05, 4.69) is 15.6 Å². The number of alkyl carbamates (subject to hydrolysis) is 1. The van der Waals surface area contributed by atoms with Gasteiger partial charge in [0.1, 0.15) is 5.60 Å². The van der Waals surface area contributed by atoms with Crippen molar-refractivity contribution in [2.45, 2.75) is 51.8 Å². The number of carbonyl (C=O) groups is 2. The van der Waals surface area contributed by atoms with Crippen molar-refractivity contribution >= 4 is 12.1 Å². The van der Waals surface area contributed by atoms with E-state index in [1.54, 1.807) is 11.1 Å². The maximum absolute atomic E-state index is 12.3. The van der Waals surface area contributed by atoms with E-state index in [0.29, 0.717) is 19.6 Å². The number of piperidine rings is 1. The molecule has 0 saturated carbocycles. The molecule has 0 radical (unpaired) electrons. The highest BCUT2D eigenvalue weighted by Gasteiger charge is 2.26. The number of amides is 3. The molecule has 3 amide bonds. The van der Waals surface area contributed by atoms with Crippen molar-refractivity contribution < 1.29 is 14.3 Å². The molecule has 7 heteroatoms. The lowest BCUT2D eigenvalue weighted by molar-refractivity contribution is 0.0479. The van der Waals surface area contributed by atoms with Gasteiger partial charge in [-0.1, -0.05) is 6.07 Å². The van der Waals surface area contributed by atoms with Gasteiger partial charge in [-0.05, 0) is 45.7 Å². The molecule has 1 aliphatic heterocycles. The third kappa shape index (κ3) is 6.06. The average molecular weight is 334 g/mol. The monoisotopic (exact) mass is 334 g/mol. The molecule has 132 valence electrons. The van der Waals surface area contributed by atoms with Crippen LogP contribution in [0, 0.1) is 0 Å². The van der Waals surface area contributed by atoms with Gasteiger partial charge in [-0.2, -0.15) is 0 Å². The molecule has 0 bridgehead atoms. The summed E-state index contributed by atoms with van der Waals surface area (Å²) in [5.74, 6) is 0. The summed E-state index contributed by atoms with van der Waals surface area (Å²) >= 11 is 0. The standard InChI is InChI=1S/C17H26N4O3/c1-17(2,3)24-16(23)20-14-8-6-10-21(12-14)15(22)19-11-13-7-4-5-9-18-13/h4-5,7,9,14H,6,8,10-12H2,1-3H3,(H,19,22)(H,20,23)/t14-/m1/s1. The molecule has 1 aliphatic rings. The van der Waals surface area contributed by atoms with E-state index in [9.17, 15) is 9.59 Å².